The van der Waals surface area contributed by atoms with Crippen LogP contribution in [0.2, 0.25) is 0 Å². The van der Waals surface area contributed by atoms with Crippen molar-refractivity contribution in [1.82, 2.24) is 14.8 Å². The maximum absolute atomic E-state index is 4.24. The second-order valence-electron chi connectivity index (χ2n) is 3.05. The topological polar surface area (TPSA) is 30.7 Å². The predicted octanol–water partition coefficient (Wildman–Crippen LogP) is 2.41. The molecule has 0 aromatic carbocycles. The number of aryl methyl sites for hydroxylation is 2. The third kappa shape index (κ3) is 3.46. The summed E-state index contributed by atoms with van der Waals surface area (Å²) >= 11 is 3.42. The molecule has 0 spiro atoms. The summed E-state index contributed by atoms with van der Waals surface area (Å²) in [6, 6.07) is 0. The lowest BCUT2D eigenvalue weighted by Gasteiger charge is -2.02. The van der Waals surface area contributed by atoms with E-state index in [4.69, 9.17) is 0 Å². The summed E-state index contributed by atoms with van der Waals surface area (Å²) in [6.07, 6.45) is 6.21. The van der Waals surface area contributed by atoms with E-state index in [0.29, 0.717) is 0 Å². The Morgan fingerprint density at radius 1 is 1.46 bits per heavy atom. The predicted molar refractivity (Wildman–Crippen MR) is 57.0 cm³/mol. The van der Waals surface area contributed by atoms with Gasteiger partial charge in [0.15, 0.2) is 0 Å². The van der Waals surface area contributed by atoms with Crippen molar-refractivity contribution in [3.8, 4) is 0 Å². The Hall–Kier alpha value is -0.380. The van der Waals surface area contributed by atoms with Gasteiger partial charge in [-0.05, 0) is 19.3 Å². The summed E-state index contributed by atoms with van der Waals surface area (Å²) in [5.74, 6) is 1.13. The summed E-state index contributed by atoms with van der Waals surface area (Å²) in [4.78, 5) is 4.24. The molecule has 0 aliphatic carbocycles. The minimum atomic E-state index is 0.990. The molecule has 1 aromatic heterocycles. The monoisotopic (exact) mass is 245 g/mol. The number of aromatic nitrogens is 3. The van der Waals surface area contributed by atoms with Gasteiger partial charge < -0.3 is 0 Å². The SMILES string of the molecule is CCCn1ncnc1CCCCBr. The first-order valence-corrected chi connectivity index (χ1v) is 5.93. The van der Waals surface area contributed by atoms with Crippen molar-refractivity contribution in [2.45, 2.75) is 39.2 Å². The first-order chi connectivity index (χ1) is 6.38. The third-order valence-corrected chi connectivity index (χ3v) is 2.48. The van der Waals surface area contributed by atoms with Crippen molar-refractivity contribution in [1.29, 1.82) is 0 Å². The lowest BCUT2D eigenvalue weighted by atomic mass is 10.2. The Balaban J connectivity index is 2.40. The van der Waals surface area contributed by atoms with Crippen LogP contribution in [0.4, 0.5) is 0 Å². The quantitative estimate of drug-likeness (QED) is 0.570. The molecule has 0 bridgehead atoms. The average molecular weight is 246 g/mol. The van der Waals surface area contributed by atoms with Crippen molar-refractivity contribution < 1.29 is 0 Å². The van der Waals surface area contributed by atoms with Gasteiger partial charge in [0, 0.05) is 18.3 Å². The largest absolute Gasteiger partial charge is 0.250 e. The molecule has 0 N–H and O–H groups in total. The fraction of sp³-hybridized carbons (Fsp3) is 0.778. The van der Waals surface area contributed by atoms with Gasteiger partial charge in [0.1, 0.15) is 12.2 Å². The fourth-order valence-electron chi connectivity index (χ4n) is 1.26. The molecule has 1 rings (SSSR count). The van der Waals surface area contributed by atoms with Gasteiger partial charge in [0.25, 0.3) is 0 Å². The normalized spacial score (nSPS) is 10.6. The molecule has 1 aromatic rings. The van der Waals surface area contributed by atoms with Crippen LogP contribution in [0.25, 0.3) is 0 Å². The van der Waals surface area contributed by atoms with Crippen LogP contribution in [-0.4, -0.2) is 20.1 Å². The van der Waals surface area contributed by atoms with Crippen molar-refractivity contribution >= 4 is 15.9 Å². The Labute approximate surface area is 87.7 Å². The van der Waals surface area contributed by atoms with Crippen LogP contribution < -0.4 is 0 Å². The van der Waals surface area contributed by atoms with E-state index in [-0.39, 0.29) is 0 Å². The first-order valence-electron chi connectivity index (χ1n) is 4.81. The summed E-state index contributed by atoms with van der Waals surface area (Å²) in [7, 11) is 0. The third-order valence-electron chi connectivity index (χ3n) is 1.92. The highest BCUT2D eigenvalue weighted by molar-refractivity contribution is 9.09. The molecular weight excluding hydrogens is 230 g/mol. The van der Waals surface area contributed by atoms with Crippen LogP contribution in [0.3, 0.4) is 0 Å². The molecule has 13 heavy (non-hydrogen) atoms. The minimum absolute atomic E-state index is 0.990. The van der Waals surface area contributed by atoms with Crippen LogP contribution in [-0.2, 0) is 13.0 Å². The highest BCUT2D eigenvalue weighted by atomic mass is 79.9. The van der Waals surface area contributed by atoms with E-state index < -0.39 is 0 Å². The second-order valence-corrected chi connectivity index (χ2v) is 3.84. The number of rotatable bonds is 6. The maximum Gasteiger partial charge on any atom is 0.138 e. The van der Waals surface area contributed by atoms with E-state index in [1.54, 1.807) is 6.33 Å². The summed E-state index contributed by atoms with van der Waals surface area (Å²) in [5, 5.41) is 5.26. The molecule has 0 atom stereocenters. The molecular formula is C9H16BrN3. The highest BCUT2D eigenvalue weighted by Gasteiger charge is 2.01. The Morgan fingerprint density at radius 3 is 3.00 bits per heavy atom. The zero-order valence-corrected chi connectivity index (χ0v) is 9.63. The minimum Gasteiger partial charge on any atom is -0.250 e. The van der Waals surface area contributed by atoms with E-state index in [0.717, 1.165) is 30.5 Å². The first kappa shape index (κ1) is 10.7. The van der Waals surface area contributed by atoms with Crippen molar-refractivity contribution in [3.05, 3.63) is 12.2 Å². The van der Waals surface area contributed by atoms with Gasteiger partial charge >= 0.3 is 0 Å². The Bertz CT molecular complexity index is 235. The van der Waals surface area contributed by atoms with Crippen molar-refractivity contribution in [3.63, 3.8) is 0 Å². The molecule has 0 fully saturated rings. The van der Waals surface area contributed by atoms with Gasteiger partial charge in [0.2, 0.25) is 0 Å². The number of hydrogen-bond donors (Lipinski definition) is 0. The number of hydrogen-bond acceptors (Lipinski definition) is 2. The zero-order chi connectivity index (χ0) is 9.52. The van der Waals surface area contributed by atoms with Crippen LogP contribution in [0.5, 0.6) is 0 Å². The Morgan fingerprint density at radius 2 is 2.31 bits per heavy atom. The van der Waals surface area contributed by atoms with Gasteiger partial charge in [-0.15, -0.1) is 0 Å². The number of alkyl halides is 1. The van der Waals surface area contributed by atoms with E-state index in [2.05, 4.69) is 32.9 Å². The molecule has 4 heteroatoms. The molecule has 0 amide bonds. The second kappa shape index (κ2) is 6.13. The molecule has 1 heterocycles. The van der Waals surface area contributed by atoms with E-state index in [1.165, 1.54) is 12.8 Å². The van der Waals surface area contributed by atoms with Gasteiger partial charge in [-0.25, -0.2) is 4.98 Å². The lowest BCUT2D eigenvalue weighted by molar-refractivity contribution is 0.560. The van der Waals surface area contributed by atoms with E-state index >= 15 is 0 Å². The van der Waals surface area contributed by atoms with Crippen LogP contribution in [0, 0.1) is 0 Å². The number of halogens is 1. The van der Waals surface area contributed by atoms with Gasteiger partial charge in [-0.3, -0.25) is 4.68 Å². The summed E-state index contributed by atoms with van der Waals surface area (Å²) in [5.41, 5.74) is 0. The van der Waals surface area contributed by atoms with E-state index in [9.17, 15) is 0 Å². The highest BCUT2D eigenvalue weighted by Crippen LogP contribution is 2.03. The molecule has 0 aliphatic heterocycles. The van der Waals surface area contributed by atoms with Crippen molar-refractivity contribution in [2.75, 3.05) is 5.33 Å². The van der Waals surface area contributed by atoms with Crippen LogP contribution in [0.1, 0.15) is 32.0 Å². The lowest BCUT2D eigenvalue weighted by Crippen LogP contribution is -2.05. The maximum atomic E-state index is 4.24. The van der Waals surface area contributed by atoms with Crippen molar-refractivity contribution in [2.24, 2.45) is 0 Å². The molecule has 0 saturated carbocycles. The molecule has 74 valence electrons. The fourth-order valence-corrected chi connectivity index (χ4v) is 1.65. The van der Waals surface area contributed by atoms with E-state index in [1.807, 2.05) is 4.68 Å². The summed E-state index contributed by atoms with van der Waals surface area (Å²) in [6.45, 7) is 3.15. The molecule has 0 radical (unpaired) electrons. The van der Waals surface area contributed by atoms with Gasteiger partial charge in [-0.1, -0.05) is 22.9 Å². The molecule has 0 aliphatic rings. The molecule has 0 unspecified atom stereocenters. The standard InChI is InChI=1S/C9H16BrN3/c1-2-7-13-9(11-8-12-13)5-3-4-6-10/h8H,2-7H2,1H3. The van der Waals surface area contributed by atoms with Gasteiger partial charge in [-0.2, -0.15) is 5.10 Å². The van der Waals surface area contributed by atoms with Gasteiger partial charge in [0.05, 0.1) is 0 Å². The molecule has 0 saturated heterocycles. The smallest absolute Gasteiger partial charge is 0.138 e. The zero-order valence-electron chi connectivity index (χ0n) is 8.04. The number of nitrogens with zero attached hydrogens (tertiary/aromatic N) is 3. The molecule has 3 nitrogen and oxygen atoms in total. The number of unbranched alkanes of at least 4 members (excludes halogenated alkanes) is 1. The van der Waals surface area contributed by atoms with Crippen LogP contribution in [0.15, 0.2) is 6.33 Å². The van der Waals surface area contributed by atoms with Crippen LogP contribution >= 0.6 is 15.9 Å². The summed E-state index contributed by atoms with van der Waals surface area (Å²) < 4.78 is 2.01. The Kier molecular flexibility index (Phi) is 5.05. The average Bonchev–Trinajstić information content (AvgIpc) is 2.54.